The normalized spacial score (nSPS) is 27.6. The number of amides is 1. The predicted octanol–water partition coefficient (Wildman–Crippen LogP) is 11.4. The van der Waals surface area contributed by atoms with Crippen LogP contribution in [0.25, 0.3) is 0 Å². The lowest BCUT2D eigenvalue weighted by Crippen LogP contribution is -2.66. The van der Waals surface area contributed by atoms with Crippen molar-refractivity contribution in [3.63, 3.8) is 0 Å². The number of ether oxygens (including phenoxy) is 6. The molecule has 0 aromatic carbocycles. The molecule has 0 bridgehead atoms. The molecule has 17 unspecified atom stereocenters. The van der Waals surface area contributed by atoms with Crippen molar-refractivity contribution in [2.45, 2.75) is 413 Å². The van der Waals surface area contributed by atoms with Crippen LogP contribution < -0.4 is 5.32 Å². The van der Waals surface area contributed by atoms with Crippen molar-refractivity contribution in [3.8, 4) is 0 Å². The zero-order valence-corrected chi connectivity index (χ0v) is 58.3. The topological polar surface area (TPSA) is 307 Å². The highest BCUT2D eigenvalue weighted by Gasteiger charge is 2.53. The molecular formula is C74H139NO18. The molecule has 12 N–H and O–H groups in total. The number of carbonyl (C=O) groups is 1. The molecular weight excluding hydrogens is 1190 g/mol. The van der Waals surface area contributed by atoms with E-state index in [9.17, 15) is 61.0 Å². The van der Waals surface area contributed by atoms with E-state index in [1.165, 1.54) is 238 Å². The molecule has 93 heavy (non-hydrogen) atoms. The second-order valence-corrected chi connectivity index (χ2v) is 27.5. The lowest BCUT2D eigenvalue weighted by Gasteiger charge is -2.48. The fourth-order valence-corrected chi connectivity index (χ4v) is 13.1. The molecule has 0 saturated carbocycles. The number of hydrogen-bond acceptors (Lipinski definition) is 18. The van der Waals surface area contributed by atoms with E-state index in [1.54, 1.807) is 6.08 Å². The number of aliphatic hydroxyl groups excluding tert-OH is 11. The minimum Gasteiger partial charge on any atom is -0.394 e. The van der Waals surface area contributed by atoms with Gasteiger partial charge in [0, 0.05) is 6.42 Å². The maximum absolute atomic E-state index is 13.4. The number of nitrogens with one attached hydrogen (secondary N) is 1. The van der Waals surface area contributed by atoms with Crippen LogP contribution in [0.1, 0.15) is 309 Å². The molecule has 3 rings (SSSR count). The third-order valence-corrected chi connectivity index (χ3v) is 19.2. The third kappa shape index (κ3) is 37.3. The van der Waals surface area contributed by atoms with Crippen molar-refractivity contribution in [1.82, 2.24) is 5.32 Å². The summed E-state index contributed by atoms with van der Waals surface area (Å²) in [6, 6.07) is -0.970. The standard InChI is InChI=1S/C74H139NO18/c1-3-5-7-9-11-13-15-17-19-20-21-22-23-24-25-26-27-28-29-30-31-32-33-34-35-36-38-40-42-44-46-48-50-52-62(80)75-57(58(79)51-49-47-45-43-41-39-37-18-16-14-12-10-8-6-4-2)56-88-72-68(86)65(83)70(60(54-77)90-72)93-74-69(87)66(84)71(61(55-78)91-74)92-73-67(85)64(82)63(81)59(53-76)89-73/h20-21,49,51,57-61,63-74,76-79,81-87H,3-19,22-48,50,52-56H2,1-2H3,(H,75,80)/b21-20-,51-49+. The van der Waals surface area contributed by atoms with E-state index < -0.39 is 124 Å². The molecule has 3 aliphatic rings. The van der Waals surface area contributed by atoms with Crippen LogP contribution in [0, 0.1) is 0 Å². The van der Waals surface area contributed by atoms with Crippen molar-refractivity contribution >= 4 is 5.91 Å². The summed E-state index contributed by atoms with van der Waals surface area (Å²) in [5.74, 6) is -0.270. The average molecular weight is 1330 g/mol. The summed E-state index contributed by atoms with van der Waals surface area (Å²) in [4.78, 5) is 13.4. The summed E-state index contributed by atoms with van der Waals surface area (Å²) in [5, 5.41) is 121. The fourth-order valence-electron chi connectivity index (χ4n) is 13.1. The summed E-state index contributed by atoms with van der Waals surface area (Å²) < 4.78 is 34.4. The monoisotopic (exact) mass is 1330 g/mol. The van der Waals surface area contributed by atoms with Gasteiger partial charge in [-0.15, -0.1) is 0 Å². The zero-order valence-electron chi connectivity index (χ0n) is 58.3. The van der Waals surface area contributed by atoms with Gasteiger partial charge in [0.05, 0.1) is 38.6 Å². The molecule has 0 radical (unpaired) electrons. The van der Waals surface area contributed by atoms with Crippen LogP contribution in [0.15, 0.2) is 24.3 Å². The van der Waals surface area contributed by atoms with Gasteiger partial charge in [-0.25, -0.2) is 0 Å². The SMILES string of the molecule is CCCCCCCCCC/C=C\CCCCCCCCCCCCCCCCCCCCCCCC(=O)NC(COC1OC(CO)C(OC2OC(CO)C(OC3OC(CO)C(O)C(O)C3O)C(O)C2O)C(O)C1O)C(O)/C=C/CCCCCCCCCCCCCCC. The van der Waals surface area contributed by atoms with Gasteiger partial charge in [0.25, 0.3) is 0 Å². The van der Waals surface area contributed by atoms with E-state index in [0.717, 1.165) is 44.9 Å². The number of rotatable bonds is 60. The summed E-state index contributed by atoms with van der Waals surface area (Å²) in [6.45, 7) is 1.77. The van der Waals surface area contributed by atoms with Gasteiger partial charge in [0.2, 0.25) is 5.91 Å². The van der Waals surface area contributed by atoms with E-state index in [-0.39, 0.29) is 18.9 Å². The first-order valence-electron chi connectivity index (χ1n) is 38.1. The number of unbranched alkanes of at least 4 members (excludes halogenated alkanes) is 42. The van der Waals surface area contributed by atoms with Gasteiger partial charge >= 0.3 is 0 Å². The molecule has 3 fully saturated rings. The van der Waals surface area contributed by atoms with Crippen LogP contribution in [-0.4, -0.2) is 193 Å². The van der Waals surface area contributed by atoms with Crippen molar-refractivity contribution in [2.24, 2.45) is 0 Å². The van der Waals surface area contributed by atoms with Gasteiger partial charge in [-0.3, -0.25) is 4.79 Å². The Hall–Kier alpha value is -1.73. The summed E-state index contributed by atoms with van der Waals surface area (Å²) in [5.41, 5.74) is 0. The second-order valence-electron chi connectivity index (χ2n) is 27.5. The lowest BCUT2D eigenvalue weighted by molar-refractivity contribution is -0.379. The molecule has 0 aromatic rings. The van der Waals surface area contributed by atoms with Crippen LogP contribution >= 0.6 is 0 Å². The highest BCUT2D eigenvalue weighted by atomic mass is 16.8. The first-order chi connectivity index (χ1) is 45.3. The summed E-state index contributed by atoms with van der Waals surface area (Å²) in [6.07, 6.45) is 38.9. The molecule has 3 aliphatic heterocycles. The Labute approximate surface area is 562 Å². The maximum atomic E-state index is 13.4. The molecule has 19 heteroatoms. The van der Waals surface area contributed by atoms with Crippen molar-refractivity contribution in [2.75, 3.05) is 26.4 Å². The fraction of sp³-hybridized carbons (Fsp3) is 0.932. The molecule has 1 amide bonds. The smallest absolute Gasteiger partial charge is 0.220 e. The van der Waals surface area contributed by atoms with E-state index in [4.69, 9.17) is 28.4 Å². The minimum absolute atomic E-state index is 0.248. The van der Waals surface area contributed by atoms with Gasteiger partial charge in [0.15, 0.2) is 18.9 Å². The first kappa shape index (κ1) is 85.5. The highest BCUT2D eigenvalue weighted by Crippen LogP contribution is 2.33. The molecule has 0 spiro atoms. The number of aliphatic hydroxyl groups is 11. The molecule has 3 saturated heterocycles. The molecule has 3 heterocycles. The Morgan fingerprint density at radius 2 is 0.677 bits per heavy atom. The van der Waals surface area contributed by atoms with E-state index in [1.807, 2.05) is 6.08 Å². The number of carbonyl (C=O) groups excluding carboxylic acids is 1. The Balaban J connectivity index is 1.34. The number of hydrogen-bond donors (Lipinski definition) is 12. The van der Waals surface area contributed by atoms with Crippen LogP contribution in [-0.2, 0) is 33.2 Å². The van der Waals surface area contributed by atoms with Crippen molar-refractivity contribution in [1.29, 1.82) is 0 Å². The Morgan fingerprint density at radius 1 is 0.376 bits per heavy atom. The Morgan fingerprint density at radius 3 is 1.04 bits per heavy atom. The van der Waals surface area contributed by atoms with Crippen molar-refractivity contribution in [3.05, 3.63) is 24.3 Å². The minimum atomic E-state index is -1.98. The molecule has 548 valence electrons. The molecule has 19 nitrogen and oxygen atoms in total. The summed E-state index contributed by atoms with van der Waals surface area (Å²) in [7, 11) is 0. The van der Waals surface area contributed by atoms with Gasteiger partial charge in [-0.2, -0.15) is 0 Å². The van der Waals surface area contributed by atoms with Gasteiger partial charge in [-0.05, 0) is 44.9 Å². The summed E-state index contributed by atoms with van der Waals surface area (Å²) >= 11 is 0. The van der Waals surface area contributed by atoms with Gasteiger partial charge in [-0.1, -0.05) is 282 Å². The van der Waals surface area contributed by atoms with Crippen LogP contribution in [0.3, 0.4) is 0 Å². The van der Waals surface area contributed by atoms with E-state index in [0.29, 0.717) is 6.42 Å². The highest BCUT2D eigenvalue weighted by molar-refractivity contribution is 5.76. The van der Waals surface area contributed by atoms with E-state index in [2.05, 4.69) is 31.3 Å². The second kappa shape index (κ2) is 56.1. The Kier molecular flexibility index (Phi) is 51.5. The van der Waals surface area contributed by atoms with Crippen LogP contribution in [0.5, 0.6) is 0 Å². The molecule has 0 aromatic heterocycles. The van der Waals surface area contributed by atoms with Gasteiger partial charge < -0.3 is 89.9 Å². The first-order valence-corrected chi connectivity index (χ1v) is 38.1. The predicted molar refractivity (Wildman–Crippen MR) is 365 cm³/mol. The molecule has 0 aliphatic carbocycles. The van der Waals surface area contributed by atoms with Crippen LogP contribution in [0.4, 0.5) is 0 Å². The van der Waals surface area contributed by atoms with Crippen molar-refractivity contribution < 1.29 is 89.4 Å². The zero-order chi connectivity index (χ0) is 67.5. The quantitative estimate of drug-likeness (QED) is 0.0199. The largest absolute Gasteiger partial charge is 0.394 e. The third-order valence-electron chi connectivity index (χ3n) is 19.2. The van der Waals surface area contributed by atoms with Crippen LogP contribution in [0.2, 0.25) is 0 Å². The number of allylic oxidation sites excluding steroid dienone is 3. The maximum Gasteiger partial charge on any atom is 0.220 e. The molecule has 17 atom stereocenters. The van der Waals surface area contributed by atoms with Gasteiger partial charge in [0.1, 0.15) is 73.2 Å². The average Bonchev–Trinajstić information content (AvgIpc) is 0.902. The van der Waals surface area contributed by atoms with E-state index >= 15 is 0 Å². The Bertz CT molecular complexity index is 1780. The lowest BCUT2D eigenvalue weighted by atomic mass is 9.96.